The maximum atomic E-state index is 4.10. The molecule has 4 aromatic rings. The van der Waals surface area contributed by atoms with E-state index in [0.29, 0.717) is 0 Å². The number of rotatable bonds is 2. The summed E-state index contributed by atoms with van der Waals surface area (Å²) in [6, 6.07) is 30.8. The first kappa shape index (κ1) is 14.9. The van der Waals surface area contributed by atoms with Crippen LogP contribution in [0, 0.1) is 0 Å². The second kappa shape index (κ2) is 7.28. The first-order chi connectivity index (χ1) is 11.3. The molecule has 0 aliphatic carbocycles. The average Bonchev–Trinajstić information content (AvgIpc) is 3.12. The van der Waals surface area contributed by atoms with Crippen molar-refractivity contribution >= 4 is 16.5 Å². The van der Waals surface area contributed by atoms with Gasteiger partial charge in [-0.1, -0.05) is 85.4 Å². The first-order valence-electron chi connectivity index (χ1n) is 7.66. The Balaban J connectivity index is 0.000000149. The molecular formula is C22H19N. The van der Waals surface area contributed by atoms with E-state index in [1.165, 1.54) is 22.0 Å². The molecule has 0 saturated heterocycles. The zero-order valence-electron chi connectivity index (χ0n) is 12.9. The van der Waals surface area contributed by atoms with Gasteiger partial charge in [-0.25, -0.2) is 0 Å². The molecule has 3 aromatic carbocycles. The minimum absolute atomic E-state index is 1.08. The zero-order chi connectivity index (χ0) is 15.9. The molecule has 0 saturated carbocycles. The summed E-state index contributed by atoms with van der Waals surface area (Å²) in [5.74, 6) is 0. The largest absolute Gasteiger partial charge is 0.361 e. The lowest BCUT2D eigenvalue weighted by molar-refractivity contribution is 1.48. The van der Waals surface area contributed by atoms with Gasteiger partial charge in [0, 0.05) is 11.7 Å². The van der Waals surface area contributed by atoms with Gasteiger partial charge in [-0.2, -0.15) is 0 Å². The number of aromatic amines is 1. The number of para-hydroxylation sites is 1. The molecule has 0 radical (unpaired) electrons. The van der Waals surface area contributed by atoms with Crippen molar-refractivity contribution in [2.75, 3.05) is 0 Å². The van der Waals surface area contributed by atoms with Crippen molar-refractivity contribution in [3.05, 3.63) is 115 Å². The molecular weight excluding hydrogens is 278 g/mol. The van der Waals surface area contributed by atoms with Crippen LogP contribution < -0.4 is 0 Å². The van der Waals surface area contributed by atoms with Crippen LogP contribution in [0.5, 0.6) is 0 Å². The topological polar surface area (TPSA) is 15.8 Å². The maximum Gasteiger partial charge on any atom is 0.0453 e. The Morgan fingerprint density at radius 1 is 0.609 bits per heavy atom. The number of hydrogen-bond acceptors (Lipinski definition) is 0. The quantitative estimate of drug-likeness (QED) is 0.473. The molecule has 1 N–H and O–H groups in total. The third-order valence-corrected chi connectivity index (χ3v) is 3.71. The van der Waals surface area contributed by atoms with E-state index in [-0.39, 0.29) is 0 Å². The standard InChI is InChI=1S/C14H12.C8H7N/c1-12(13-8-4-2-5-9-13)14-10-6-3-7-11-14;1-2-4-8-7(3-1)5-6-9-8/h2-11H,1H2;1-6,9H. The maximum absolute atomic E-state index is 4.10. The Labute approximate surface area is 136 Å². The Morgan fingerprint density at radius 3 is 1.70 bits per heavy atom. The van der Waals surface area contributed by atoms with Crippen LogP contribution in [0.2, 0.25) is 0 Å². The van der Waals surface area contributed by atoms with E-state index in [1.807, 2.05) is 54.7 Å². The summed E-state index contributed by atoms with van der Waals surface area (Å²) >= 11 is 0. The molecule has 4 rings (SSSR count). The van der Waals surface area contributed by atoms with Crippen LogP contribution in [0.25, 0.3) is 16.5 Å². The van der Waals surface area contributed by atoms with Crippen LogP contribution >= 0.6 is 0 Å². The summed E-state index contributed by atoms with van der Waals surface area (Å²) in [6.45, 7) is 4.10. The molecule has 0 aliphatic rings. The Bertz CT molecular complexity index is 802. The van der Waals surface area contributed by atoms with Gasteiger partial charge in [0.15, 0.2) is 0 Å². The first-order valence-corrected chi connectivity index (χ1v) is 7.66. The predicted octanol–water partition coefficient (Wildman–Crippen LogP) is 5.92. The summed E-state index contributed by atoms with van der Waals surface area (Å²) in [5.41, 5.74) is 4.64. The van der Waals surface area contributed by atoms with Gasteiger partial charge >= 0.3 is 0 Å². The van der Waals surface area contributed by atoms with E-state index in [2.05, 4.69) is 54.0 Å². The normalized spacial score (nSPS) is 9.91. The van der Waals surface area contributed by atoms with Gasteiger partial charge in [0.2, 0.25) is 0 Å². The minimum Gasteiger partial charge on any atom is -0.361 e. The van der Waals surface area contributed by atoms with Crippen molar-refractivity contribution in [2.45, 2.75) is 0 Å². The second-order valence-electron chi connectivity index (χ2n) is 5.28. The molecule has 0 bridgehead atoms. The Hall–Kier alpha value is -3.06. The van der Waals surface area contributed by atoms with E-state index in [0.717, 1.165) is 5.57 Å². The van der Waals surface area contributed by atoms with Crippen LogP contribution in [0.3, 0.4) is 0 Å². The van der Waals surface area contributed by atoms with Crippen LogP contribution in [0.4, 0.5) is 0 Å². The number of fused-ring (bicyclic) bond motifs is 1. The number of hydrogen-bond donors (Lipinski definition) is 1. The molecule has 1 heteroatoms. The van der Waals surface area contributed by atoms with Gasteiger partial charge in [-0.3, -0.25) is 0 Å². The molecule has 0 amide bonds. The highest BCUT2D eigenvalue weighted by Gasteiger charge is 1.99. The molecule has 0 atom stereocenters. The molecule has 1 aromatic heterocycles. The minimum atomic E-state index is 1.08. The SMILES string of the molecule is C=C(c1ccccc1)c1ccccc1.c1ccc2[nH]ccc2c1. The van der Waals surface area contributed by atoms with E-state index in [4.69, 9.17) is 0 Å². The highest BCUT2D eigenvalue weighted by atomic mass is 14.7. The summed E-state index contributed by atoms with van der Waals surface area (Å²) < 4.78 is 0. The summed E-state index contributed by atoms with van der Waals surface area (Å²) in [6.07, 6.45) is 1.95. The van der Waals surface area contributed by atoms with Crippen molar-refractivity contribution in [3.63, 3.8) is 0 Å². The third-order valence-electron chi connectivity index (χ3n) is 3.71. The van der Waals surface area contributed by atoms with E-state index in [9.17, 15) is 0 Å². The van der Waals surface area contributed by atoms with Gasteiger partial charge in [-0.15, -0.1) is 0 Å². The lowest BCUT2D eigenvalue weighted by Gasteiger charge is -2.04. The fraction of sp³-hybridized carbons (Fsp3) is 0. The molecule has 1 nitrogen and oxygen atoms in total. The zero-order valence-corrected chi connectivity index (χ0v) is 12.9. The summed E-state index contributed by atoms with van der Waals surface area (Å²) in [4.78, 5) is 3.12. The fourth-order valence-corrected chi connectivity index (χ4v) is 2.44. The van der Waals surface area contributed by atoms with Crippen molar-refractivity contribution in [2.24, 2.45) is 0 Å². The van der Waals surface area contributed by atoms with Crippen LogP contribution in [0.15, 0.2) is 104 Å². The molecule has 0 aliphatic heterocycles. The Morgan fingerprint density at radius 2 is 1.13 bits per heavy atom. The third kappa shape index (κ3) is 3.78. The number of aromatic nitrogens is 1. The van der Waals surface area contributed by atoms with E-state index < -0.39 is 0 Å². The Kier molecular flexibility index (Phi) is 4.70. The molecule has 0 fully saturated rings. The monoisotopic (exact) mass is 297 g/mol. The van der Waals surface area contributed by atoms with Crippen LogP contribution in [-0.4, -0.2) is 4.98 Å². The van der Waals surface area contributed by atoms with E-state index >= 15 is 0 Å². The van der Waals surface area contributed by atoms with Gasteiger partial charge in [0.05, 0.1) is 0 Å². The summed E-state index contributed by atoms with van der Waals surface area (Å²) in [7, 11) is 0. The average molecular weight is 297 g/mol. The molecule has 23 heavy (non-hydrogen) atoms. The van der Waals surface area contributed by atoms with Gasteiger partial charge in [0.1, 0.15) is 0 Å². The molecule has 0 unspecified atom stereocenters. The van der Waals surface area contributed by atoms with Crippen molar-refractivity contribution in [3.8, 4) is 0 Å². The van der Waals surface area contributed by atoms with Crippen molar-refractivity contribution in [1.82, 2.24) is 4.98 Å². The van der Waals surface area contributed by atoms with Crippen LogP contribution in [-0.2, 0) is 0 Å². The predicted molar refractivity (Wildman–Crippen MR) is 99.3 cm³/mol. The number of benzene rings is 3. The van der Waals surface area contributed by atoms with Gasteiger partial charge in [-0.05, 0) is 34.2 Å². The lowest BCUT2D eigenvalue weighted by atomic mass is 10.0. The van der Waals surface area contributed by atoms with Gasteiger partial charge in [0.25, 0.3) is 0 Å². The highest BCUT2D eigenvalue weighted by Crippen LogP contribution is 2.20. The summed E-state index contributed by atoms with van der Waals surface area (Å²) in [5, 5.41) is 1.28. The highest BCUT2D eigenvalue weighted by molar-refractivity contribution is 5.79. The van der Waals surface area contributed by atoms with Crippen molar-refractivity contribution < 1.29 is 0 Å². The smallest absolute Gasteiger partial charge is 0.0453 e. The van der Waals surface area contributed by atoms with E-state index in [1.54, 1.807) is 0 Å². The molecule has 0 spiro atoms. The van der Waals surface area contributed by atoms with Crippen molar-refractivity contribution in [1.29, 1.82) is 0 Å². The second-order valence-corrected chi connectivity index (χ2v) is 5.28. The molecule has 1 heterocycles. The number of H-pyrrole nitrogens is 1. The number of nitrogens with one attached hydrogen (secondary N) is 1. The lowest BCUT2D eigenvalue weighted by Crippen LogP contribution is -1.84. The molecule has 112 valence electrons. The van der Waals surface area contributed by atoms with Gasteiger partial charge < -0.3 is 4.98 Å². The van der Waals surface area contributed by atoms with Crippen LogP contribution in [0.1, 0.15) is 11.1 Å². The fourth-order valence-electron chi connectivity index (χ4n) is 2.44.